The van der Waals surface area contributed by atoms with Gasteiger partial charge in [-0.05, 0) is 41.8 Å². The second kappa shape index (κ2) is 7.07. The first kappa shape index (κ1) is 15.3. The van der Waals surface area contributed by atoms with Gasteiger partial charge in [-0.2, -0.15) is 0 Å². The lowest BCUT2D eigenvalue weighted by Crippen LogP contribution is -2.23. The molecule has 1 fully saturated rings. The topological polar surface area (TPSA) is 32.3 Å². The van der Waals surface area contributed by atoms with Crippen LogP contribution in [0.15, 0.2) is 53.0 Å². The van der Waals surface area contributed by atoms with Crippen LogP contribution in [0.1, 0.15) is 24.0 Å². The van der Waals surface area contributed by atoms with Crippen molar-refractivity contribution >= 4 is 27.5 Å². The first-order valence-electron chi connectivity index (χ1n) is 7.57. The van der Waals surface area contributed by atoms with Gasteiger partial charge in [0.05, 0.1) is 0 Å². The molecular weight excluding hydrogens is 340 g/mol. The van der Waals surface area contributed by atoms with E-state index >= 15 is 0 Å². The molecule has 114 valence electrons. The zero-order valence-electron chi connectivity index (χ0n) is 12.4. The van der Waals surface area contributed by atoms with Gasteiger partial charge >= 0.3 is 0 Å². The van der Waals surface area contributed by atoms with E-state index in [0.717, 1.165) is 36.2 Å². The molecule has 3 rings (SSSR count). The van der Waals surface area contributed by atoms with Gasteiger partial charge in [0.15, 0.2) is 0 Å². The lowest BCUT2D eigenvalue weighted by atomic mass is 10.2. The maximum Gasteiger partial charge on any atom is 0.227 e. The number of carbonyl (C=O) groups is 1. The Morgan fingerprint density at radius 2 is 1.82 bits per heavy atom. The van der Waals surface area contributed by atoms with Gasteiger partial charge in [-0.15, -0.1) is 0 Å². The zero-order chi connectivity index (χ0) is 15.4. The predicted molar refractivity (Wildman–Crippen MR) is 92.7 cm³/mol. The molecule has 0 saturated carbocycles. The summed E-state index contributed by atoms with van der Waals surface area (Å²) < 4.78 is 1.10. The monoisotopic (exact) mass is 358 g/mol. The van der Waals surface area contributed by atoms with Gasteiger partial charge in [0, 0.05) is 36.2 Å². The van der Waals surface area contributed by atoms with Crippen LogP contribution in [-0.2, 0) is 17.9 Å². The summed E-state index contributed by atoms with van der Waals surface area (Å²) in [6.45, 7) is 2.51. The number of hydrogen-bond acceptors (Lipinski definition) is 2. The molecule has 2 aromatic rings. The van der Waals surface area contributed by atoms with Crippen LogP contribution >= 0.6 is 15.9 Å². The molecule has 2 aromatic carbocycles. The second-order valence-electron chi connectivity index (χ2n) is 5.55. The van der Waals surface area contributed by atoms with Crippen molar-refractivity contribution in [1.82, 2.24) is 5.32 Å². The molecule has 0 spiro atoms. The molecule has 0 aliphatic carbocycles. The van der Waals surface area contributed by atoms with Gasteiger partial charge in [-0.25, -0.2) is 0 Å². The predicted octanol–water partition coefficient (Wildman–Crippen LogP) is 3.87. The molecule has 0 unspecified atom stereocenters. The van der Waals surface area contributed by atoms with Crippen LogP contribution in [0.3, 0.4) is 0 Å². The highest BCUT2D eigenvalue weighted by molar-refractivity contribution is 9.10. The summed E-state index contributed by atoms with van der Waals surface area (Å²) >= 11 is 3.48. The summed E-state index contributed by atoms with van der Waals surface area (Å²) in [5, 5.41) is 3.44. The fourth-order valence-corrected chi connectivity index (χ4v) is 3.16. The number of nitrogens with one attached hydrogen (secondary N) is 1. The molecule has 4 heteroatoms. The molecule has 1 amide bonds. The molecule has 1 aliphatic heterocycles. The lowest BCUT2D eigenvalue weighted by Gasteiger charge is -2.16. The Hall–Kier alpha value is -1.65. The van der Waals surface area contributed by atoms with Crippen molar-refractivity contribution < 1.29 is 4.79 Å². The van der Waals surface area contributed by atoms with Crippen molar-refractivity contribution in [3.8, 4) is 0 Å². The Morgan fingerprint density at radius 3 is 2.50 bits per heavy atom. The van der Waals surface area contributed by atoms with Gasteiger partial charge in [-0.3, -0.25) is 4.79 Å². The minimum Gasteiger partial charge on any atom is -0.312 e. The van der Waals surface area contributed by atoms with Crippen molar-refractivity contribution in [2.45, 2.75) is 25.9 Å². The number of rotatable bonds is 5. The molecule has 1 N–H and O–H groups in total. The first-order chi connectivity index (χ1) is 10.7. The molecular formula is C18H19BrN2O. The van der Waals surface area contributed by atoms with Crippen LogP contribution < -0.4 is 10.2 Å². The quantitative estimate of drug-likeness (QED) is 0.879. The van der Waals surface area contributed by atoms with Gasteiger partial charge in [-0.1, -0.05) is 40.2 Å². The number of anilines is 1. The van der Waals surface area contributed by atoms with Crippen LogP contribution in [0.5, 0.6) is 0 Å². The van der Waals surface area contributed by atoms with E-state index in [4.69, 9.17) is 0 Å². The standard InChI is InChI=1S/C18H19BrN2O/c19-16-4-1-3-15(11-16)13-20-12-14-6-8-17(9-7-14)21-10-2-5-18(21)22/h1,3-4,6-9,11,20H,2,5,10,12-13H2. The number of carbonyl (C=O) groups excluding carboxylic acids is 1. The number of benzene rings is 2. The highest BCUT2D eigenvalue weighted by Crippen LogP contribution is 2.21. The Kier molecular flexibility index (Phi) is 4.90. The molecule has 1 aliphatic rings. The van der Waals surface area contributed by atoms with Crippen molar-refractivity contribution in [3.05, 3.63) is 64.1 Å². The van der Waals surface area contributed by atoms with E-state index in [9.17, 15) is 4.79 Å². The summed E-state index contributed by atoms with van der Waals surface area (Å²) in [7, 11) is 0. The van der Waals surface area contributed by atoms with Crippen molar-refractivity contribution in [3.63, 3.8) is 0 Å². The Labute approximate surface area is 139 Å². The number of nitrogens with zero attached hydrogens (tertiary/aromatic N) is 1. The normalized spacial score (nSPS) is 14.6. The number of hydrogen-bond donors (Lipinski definition) is 1. The van der Waals surface area contributed by atoms with Gasteiger partial charge in [0.1, 0.15) is 0 Å². The van der Waals surface area contributed by atoms with Crippen LogP contribution in [-0.4, -0.2) is 12.5 Å². The minimum atomic E-state index is 0.237. The summed E-state index contributed by atoms with van der Waals surface area (Å²) in [6.07, 6.45) is 1.64. The Morgan fingerprint density at radius 1 is 1.05 bits per heavy atom. The average Bonchev–Trinajstić information content (AvgIpc) is 2.94. The Balaban J connectivity index is 1.54. The Bertz CT molecular complexity index is 654. The zero-order valence-corrected chi connectivity index (χ0v) is 14.0. The van der Waals surface area contributed by atoms with Crippen LogP contribution in [0.4, 0.5) is 5.69 Å². The number of amides is 1. The van der Waals surface area contributed by atoms with Crippen molar-refractivity contribution in [2.24, 2.45) is 0 Å². The van der Waals surface area contributed by atoms with Gasteiger partial charge < -0.3 is 10.2 Å². The van der Waals surface area contributed by atoms with E-state index in [0.29, 0.717) is 6.42 Å². The number of halogens is 1. The summed E-state index contributed by atoms with van der Waals surface area (Å²) in [6, 6.07) is 16.6. The van der Waals surface area contributed by atoms with Gasteiger partial charge in [0.25, 0.3) is 0 Å². The van der Waals surface area contributed by atoms with Crippen LogP contribution in [0, 0.1) is 0 Å². The fourth-order valence-electron chi connectivity index (χ4n) is 2.71. The maximum atomic E-state index is 11.7. The third kappa shape index (κ3) is 3.76. The highest BCUT2D eigenvalue weighted by Gasteiger charge is 2.21. The average molecular weight is 359 g/mol. The smallest absolute Gasteiger partial charge is 0.227 e. The molecule has 0 radical (unpaired) electrons. The minimum absolute atomic E-state index is 0.237. The van der Waals surface area contributed by atoms with E-state index in [2.05, 4.69) is 45.5 Å². The largest absolute Gasteiger partial charge is 0.312 e. The van der Waals surface area contributed by atoms with Crippen molar-refractivity contribution in [1.29, 1.82) is 0 Å². The molecule has 0 aromatic heterocycles. The fraction of sp³-hybridized carbons (Fsp3) is 0.278. The van der Waals surface area contributed by atoms with E-state index in [1.165, 1.54) is 11.1 Å². The SMILES string of the molecule is O=C1CCCN1c1ccc(CNCc2cccc(Br)c2)cc1. The summed E-state index contributed by atoms with van der Waals surface area (Å²) in [4.78, 5) is 13.6. The molecule has 22 heavy (non-hydrogen) atoms. The van der Waals surface area contributed by atoms with Crippen LogP contribution in [0.25, 0.3) is 0 Å². The third-order valence-corrected chi connectivity index (χ3v) is 4.36. The highest BCUT2D eigenvalue weighted by atomic mass is 79.9. The summed E-state index contributed by atoms with van der Waals surface area (Å²) in [5.41, 5.74) is 3.50. The maximum absolute atomic E-state index is 11.7. The second-order valence-corrected chi connectivity index (χ2v) is 6.46. The van der Waals surface area contributed by atoms with E-state index in [1.54, 1.807) is 0 Å². The van der Waals surface area contributed by atoms with E-state index in [-0.39, 0.29) is 5.91 Å². The van der Waals surface area contributed by atoms with Crippen LogP contribution in [0.2, 0.25) is 0 Å². The molecule has 1 saturated heterocycles. The third-order valence-electron chi connectivity index (χ3n) is 3.87. The molecule has 3 nitrogen and oxygen atoms in total. The van der Waals surface area contributed by atoms with Crippen molar-refractivity contribution in [2.75, 3.05) is 11.4 Å². The van der Waals surface area contributed by atoms with Gasteiger partial charge in [0.2, 0.25) is 5.91 Å². The molecule has 0 atom stereocenters. The molecule has 0 bridgehead atoms. The first-order valence-corrected chi connectivity index (χ1v) is 8.36. The summed E-state index contributed by atoms with van der Waals surface area (Å²) in [5.74, 6) is 0.237. The van der Waals surface area contributed by atoms with E-state index in [1.807, 2.05) is 29.2 Å². The molecule has 1 heterocycles. The van der Waals surface area contributed by atoms with E-state index < -0.39 is 0 Å². The lowest BCUT2D eigenvalue weighted by molar-refractivity contribution is -0.117.